The Labute approximate surface area is 138 Å². The minimum Gasteiger partial charge on any atom is -0.507 e. The topological polar surface area (TPSA) is 72.2 Å². The Morgan fingerprint density at radius 2 is 1.96 bits per heavy atom. The molecule has 0 radical (unpaired) electrons. The van der Waals surface area contributed by atoms with Crippen LogP contribution in [-0.2, 0) is 6.54 Å². The maximum atomic E-state index is 13.1. The molecule has 5 nitrogen and oxygen atoms in total. The second kappa shape index (κ2) is 4.90. The summed E-state index contributed by atoms with van der Waals surface area (Å²) < 4.78 is 1.51. The number of carbonyl (C=O) groups excluding carboxylic acids is 1. The molecule has 1 fully saturated rings. The molecule has 2 heterocycles. The van der Waals surface area contributed by atoms with Crippen LogP contribution in [0.1, 0.15) is 45.7 Å². The van der Waals surface area contributed by atoms with Gasteiger partial charge >= 0.3 is 0 Å². The Balaban J connectivity index is 2.14. The molecule has 4 rings (SSSR count). The van der Waals surface area contributed by atoms with Gasteiger partial charge in [-0.1, -0.05) is 6.58 Å². The lowest BCUT2D eigenvalue weighted by atomic mass is 9.91. The molecule has 122 valence electrons. The van der Waals surface area contributed by atoms with Crippen LogP contribution in [0.25, 0.3) is 12.3 Å². The molecule has 5 heteroatoms. The first-order chi connectivity index (χ1) is 11.4. The predicted octanol–water partition coefficient (Wildman–Crippen LogP) is 0.939. The van der Waals surface area contributed by atoms with E-state index in [0.717, 1.165) is 18.4 Å². The Bertz CT molecular complexity index is 1080. The van der Waals surface area contributed by atoms with Crippen LogP contribution in [0.4, 0.5) is 0 Å². The number of fused-ring (bicyclic) bond motifs is 2. The summed E-state index contributed by atoms with van der Waals surface area (Å²) in [4.78, 5) is 29.8. The van der Waals surface area contributed by atoms with E-state index in [9.17, 15) is 14.7 Å². The molecule has 0 saturated heterocycles. The van der Waals surface area contributed by atoms with Gasteiger partial charge in [-0.05, 0) is 49.8 Å². The number of carbonyl (C=O) groups is 1. The second-order valence-electron chi connectivity index (χ2n) is 6.78. The molecular formula is C19H18N2O3. The third-order valence-electron chi connectivity index (χ3n) is 4.82. The summed E-state index contributed by atoms with van der Waals surface area (Å²) in [5.41, 5.74) is 2.05. The molecule has 0 aliphatic heterocycles. The van der Waals surface area contributed by atoms with Gasteiger partial charge in [0.1, 0.15) is 17.1 Å². The van der Waals surface area contributed by atoms with E-state index in [1.807, 2.05) is 6.92 Å². The van der Waals surface area contributed by atoms with Crippen LogP contribution >= 0.6 is 0 Å². The lowest BCUT2D eigenvalue weighted by Gasteiger charge is -2.22. The first-order valence-corrected chi connectivity index (χ1v) is 8.08. The fraction of sp³-hybridized carbons (Fsp3) is 0.316. The molecule has 0 amide bonds. The molecule has 0 spiro atoms. The molecular weight excluding hydrogens is 304 g/mol. The lowest BCUT2D eigenvalue weighted by molar-refractivity contribution is 0.101. The van der Waals surface area contributed by atoms with Gasteiger partial charge in [-0.25, -0.2) is 4.98 Å². The van der Waals surface area contributed by atoms with E-state index in [0.29, 0.717) is 34.2 Å². The summed E-state index contributed by atoms with van der Waals surface area (Å²) >= 11 is 0. The molecule has 1 N–H and O–H groups in total. The monoisotopic (exact) mass is 322 g/mol. The normalized spacial score (nSPS) is 16.1. The minimum absolute atomic E-state index is 0.0200. The van der Waals surface area contributed by atoms with Gasteiger partial charge in [0.2, 0.25) is 5.78 Å². The van der Waals surface area contributed by atoms with Crippen molar-refractivity contribution in [2.24, 2.45) is 5.92 Å². The highest BCUT2D eigenvalue weighted by Gasteiger charge is 2.33. The van der Waals surface area contributed by atoms with E-state index >= 15 is 0 Å². The second-order valence-corrected chi connectivity index (χ2v) is 6.78. The highest BCUT2D eigenvalue weighted by Crippen LogP contribution is 2.32. The van der Waals surface area contributed by atoms with Crippen LogP contribution < -0.4 is 16.1 Å². The molecule has 0 aromatic carbocycles. The van der Waals surface area contributed by atoms with Gasteiger partial charge in [-0.3, -0.25) is 9.59 Å². The van der Waals surface area contributed by atoms with E-state index in [1.165, 1.54) is 10.6 Å². The van der Waals surface area contributed by atoms with Crippen LogP contribution in [-0.4, -0.2) is 20.4 Å². The average molecular weight is 322 g/mol. The number of aliphatic hydroxyl groups excluding tert-OH is 1. The Morgan fingerprint density at radius 1 is 1.25 bits per heavy atom. The summed E-state index contributed by atoms with van der Waals surface area (Å²) in [5, 5.41) is 11.8. The van der Waals surface area contributed by atoms with Crippen molar-refractivity contribution in [2.45, 2.75) is 33.2 Å². The van der Waals surface area contributed by atoms with Gasteiger partial charge in [-0.15, -0.1) is 0 Å². The number of aliphatic hydroxyl groups is 1. The van der Waals surface area contributed by atoms with Crippen molar-refractivity contribution >= 4 is 18.1 Å². The van der Waals surface area contributed by atoms with Gasteiger partial charge in [0.25, 0.3) is 5.56 Å². The lowest BCUT2D eigenvalue weighted by Crippen LogP contribution is -2.38. The predicted molar refractivity (Wildman–Crippen MR) is 90.5 cm³/mol. The van der Waals surface area contributed by atoms with E-state index in [1.54, 1.807) is 13.0 Å². The molecule has 0 atom stereocenters. The number of rotatable bonds is 2. The highest BCUT2D eigenvalue weighted by molar-refractivity contribution is 6.12. The molecule has 2 aliphatic carbocycles. The molecule has 24 heavy (non-hydrogen) atoms. The molecule has 0 unspecified atom stereocenters. The smallest absolute Gasteiger partial charge is 0.251 e. The van der Waals surface area contributed by atoms with Crippen LogP contribution in [0, 0.1) is 19.8 Å². The SMILES string of the molecule is C=c1cc(C)c2c(n1)C(=O)c1c(c(C)cc(=O)n1CC1CC1)C=2O. The molecule has 2 aromatic heterocycles. The highest BCUT2D eigenvalue weighted by atomic mass is 16.3. The van der Waals surface area contributed by atoms with E-state index < -0.39 is 0 Å². The fourth-order valence-electron chi connectivity index (χ4n) is 3.48. The summed E-state index contributed by atoms with van der Waals surface area (Å²) in [7, 11) is 0. The zero-order chi connectivity index (χ0) is 17.2. The zero-order valence-electron chi connectivity index (χ0n) is 13.7. The first kappa shape index (κ1) is 14.9. The van der Waals surface area contributed by atoms with Crippen LogP contribution in [0.2, 0.25) is 0 Å². The number of aryl methyl sites for hydroxylation is 2. The van der Waals surface area contributed by atoms with Crippen molar-refractivity contribution in [3.05, 3.63) is 61.1 Å². The Hall–Kier alpha value is -2.69. The molecule has 1 saturated carbocycles. The summed E-state index contributed by atoms with van der Waals surface area (Å²) in [6, 6.07) is 3.23. The van der Waals surface area contributed by atoms with Gasteiger partial charge in [0, 0.05) is 23.4 Å². The van der Waals surface area contributed by atoms with Crippen molar-refractivity contribution in [1.82, 2.24) is 9.55 Å². The third-order valence-corrected chi connectivity index (χ3v) is 4.82. The van der Waals surface area contributed by atoms with Gasteiger partial charge < -0.3 is 9.67 Å². The molecule has 2 aliphatic rings. The number of pyridine rings is 2. The zero-order valence-corrected chi connectivity index (χ0v) is 13.7. The molecule has 2 aromatic rings. The van der Waals surface area contributed by atoms with E-state index in [4.69, 9.17) is 0 Å². The summed E-state index contributed by atoms with van der Waals surface area (Å²) in [5.74, 6) is 0.138. The quantitative estimate of drug-likeness (QED) is 0.893. The largest absolute Gasteiger partial charge is 0.507 e. The fourth-order valence-corrected chi connectivity index (χ4v) is 3.48. The minimum atomic E-state index is -0.312. The van der Waals surface area contributed by atoms with Crippen molar-refractivity contribution in [3.8, 4) is 0 Å². The van der Waals surface area contributed by atoms with Crippen molar-refractivity contribution in [1.29, 1.82) is 0 Å². The van der Waals surface area contributed by atoms with Gasteiger partial charge in [0.15, 0.2) is 0 Å². The van der Waals surface area contributed by atoms with Crippen molar-refractivity contribution < 1.29 is 9.90 Å². The maximum Gasteiger partial charge on any atom is 0.251 e. The van der Waals surface area contributed by atoms with Gasteiger partial charge in [-0.2, -0.15) is 0 Å². The summed E-state index contributed by atoms with van der Waals surface area (Å²) in [6.45, 7) is 7.87. The number of hydrogen-bond donors (Lipinski definition) is 1. The Morgan fingerprint density at radius 3 is 2.62 bits per heavy atom. The molecule has 0 bridgehead atoms. The Kier molecular flexibility index (Phi) is 3.04. The number of ketones is 1. The number of aromatic nitrogens is 2. The van der Waals surface area contributed by atoms with Crippen LogP contribution in [0.5, 0.6) is 0 Å². The van der Waals surface area contributed by atoms with Crippen LogP contribution in [0.15, 0.2) is 16.9 Å². The summed E-state index contributed by atoms with van der Waals surface area (Å²) in [6.07, 6.45) is 2.13. The van der Waals surface area contributed by atoms with Crippen molar-refractivity contribution in [3.63, 3.8) is 0 Å². The maximum absolute atomic E-state index is 13.1. The number of nitrogens with zero attached hydrogens (tertiary/aromatic N) is 2. The first-order valence-electron chi connectivity index (χ1n) is 8.08. The standard InChI is InChI=1S/C19H18N2O3/c1-9-6-11(3)20-16-14(9)18(23)15-10(2)7-13(22)21(8-12-4-5-12)17(15)19(16)24/h6-7,12,23H,3-5,8H2,1-2H3. The third kappa shape index (κ3) is 2.04. The van der Waals surface area contributed by atoms with E-state index in [2.05, 4.69) is 11.6 Å². The average Bonchev–Trinajstić information content (AvgIpc) is 3.30. The van der Waals surface area contributed by atoms with Crippen molar-refractivity contribution in [2.75, 3.05) is 0 Å². The number of hydrogen-bond acceptors (Lipinski definition) is 4. The van der Waals surface area contributed by atoms with E-state index in [-0.39, 0.29) is 28.5 Å². The van der Waals surface area contributed by atoms with Crippen LogP contribution in [0.3, 0.4) is 0 Å². The van der Waals surface area contributed by atoms with Gasteiger partial charge in [0.05, 0.1) is 5.35 Å².